The van der Waals surface area contributed by atoms with Crippen LogP contribution in [0.3, 0.4) is 0 Å². The summed E-state index contributed by atoms with van der Waals surface area (Å²) in [5, 5.41) is 12.8. The minimum Gasteiger partial charge on any atom is -0.844 e. The van der Waals surface area contributed by atoms with Gasteiger partial charge in [-0.2, -0.15) is 5.43 Å². The second-order valence-corrected chi connectivity index (χ2v) is 6.78. The van der Waals surface area contributed by atoms with Gasteiger partial charge >= 0.3 is 0 Å². The molecule has 1 fully saturated rings. The lowest BCUT2D eigenvalue weighted by atomic mass is 10.1. The molecule has 1 amide bonds. The summed E-state index contributed by atoms with van der Waals surface area (Å²) >= 11 is 0. The lowest BCUT2D eigenvalue weighted by Crippen LogP contribution is -2.68. The summed E-state index contributed by atoms with van der Waals surface area (Å²) in [7, 11) is 2.07. The van der Waals surface area contributed by atoms with Crippen LogP contribution in [0.2, 0.25) is 0 Å². The van der Waals surface area contributed by atoms with Crippen molar-refractivity contribution >= 4 is 5.91 Å². The molecule has 2 aromatic carbocycles. The molecule has 1 unspecified atom stereocenters. The standard InChI is InChI=1S/C20H25N3O2/c1-22-12-14-23(15-13-22,16-19(24)17-8-4-2-5-9-17)21-20(25)18-10-6-3-7-11-18/h2-11,19H,12-16H2,1H3,(H,21,25). The van der Waals surface area contributed by atoms with E-state index in [1.54, 1.807) is 12.1 Å². The Labute approximate surface area is 149 Å². The fraction of sp³-hybridized carbons (Fsp3) is 0.350. The van der Waals surface area contributed by atoms with Gasteiger partial charge in [0.2, 0.25) is 0 Å². The summed E-state index contributed by atoms with van der Waals surface area (Å²) in [5.74, 6) is -0.120. The highest BCUT2D eigenvalue weighted by Crippen LogP contribution is 2.18. The van der Waals surface area contributed by atoms with Crippen molar-refractivity contribution in [3.8, 4) is 0 Å². The number of rotatable bonds is 5. The zero-order chi connectivity index (χ0) is 17.7. The van der Waals surface area contributed by atoms with E-state index < -0.39 is 6.10 Å². The van der Waals surface area contributed by atoms with Crippen LogP contribution in [0.25, 0.3) is 0 Å². The first-order valence-corrected chi connectivity index (χ1v) is 8.71. The molecule has 2 aromatic rings. The number of carbonyl (C=O) groups excluding carboxylic acids is 1. The van der Waals surface area contributed by atoms with Crippen LogP contribution < -0.4 is 10.5 Å². The molecule has 1 atom stereocenters. The van der Waals surface area contributed by atoms with Crippen molar-refractivity contribution in [3.05, 3.63) is 71.8 Å². The van der Waals surface area contributed by atoms with E-state index in [0.29, 0.717) is 16.7 Å². The van der Waals surface area contributed by atoms with Crippen molar-refractivity contribution in [2.45, 2.75) is 6.10 Å². The maximum absolute atomic E-state index is 12.8. The molecule has 1 aliphatic rings. The number of benzene rings is 2. The maximum atomic E-state index is 12.8. The van der Waals surface area contributed by atoms with E-state index in [4.69, 9.17) is 0 Å². The van der Waals surface area contributed by atoms with Crippen LogP contribution >= 0.6 is 0 Å². The molecule has 0 spiro atoms. The zero-order valence-electron chi connectivity index (χ0n) is 14.6. The van der Waals surface area contributed by atoms with Crippen molar-refractivity contribution in [2.24, 2.45) is 0 Å². The minimum atomic E-state index is -0.860. The Hall–Kier alpha value is -2.21. The van der Waals surface area contributed by atoms with Gasteiger partial charge in [-0.3, -0.25) is 9.69 Å². The number of amides is 1. The first-order chi connectivity index (χ1) is 12.1. The predicted molar refractivity (Wildman–Crippen MR) is 95.4 cm³/mol. The molecule has 1 aliphatic heterocycles. The lowest BCUT2D eigenvalue weighted by Gasteiger charge is -2.45. The van der Waals surface area contributed by atoms with Crippen LogP contribution in [0.15, 0.2) is 60.7 Å². The highest BCUT2D eigenvalue weighted by molar-refractivity contribution is 5.93. The molecule has 5 heteroatoms. The minimum absolute atomic E-state index is 0.120. The molecule has 25 heavy (non-hydrogen) atoms. The van der Waals surface area contributed by atoms with Gasteiger partial charge in [-0.05, 0) is 25.3 Å². The van der Waals surface area contributed by atoms with E-state index in [1.165, 1.54) is 0 Å². The summed E-state index contributed by atoms with van der Waals surface area (Å²) in [6.07, 6.45) is -0.860. The molecule has 0 aliphatic carbocycles. The summed E-state index contributed by atoms with van der Waals surface area (Å²) in [6, 6.07) is 18.6. The van der Waals surface area contributed by atoms with Gasteiger partial charge in [0.25, 0.3) is 5.91 Å². The van der Waals surface area contributed by atoms with Crippen molar-refractivity contribution in [2.75, 3.05) is 39.8 Å². The molecule has 1 heterocycles. The number of hydrogen-bond acceptors (Lipinski definition) is 3. The third-order valence-corrected chi connectivity index (χ3v) is 4.88. The second kappa shape index (κ2) is 7.78. The summed E-state index contributed by atoms with van der Waals surface area (Å²) in [6.45, 7) is 3.55. The van der Waals surface area contributed by atoms with Crippen LogP contribution in [0, 0.1) is 0 Å². The van der Waals surface area contributed by atoms with Crippen molar-refractivity contribution < 1.29 is 14.5 Å². The molecule has 3 rings (SSSR count). The summed E-state index contributed by atoms with van der Waals surface area (Å²) in [5.41, 5.74) is 4.54. The Bertz CT molecular complexity index is 683. The molecular formula is C20H25N3O2. The number of carbonyl (C=O) groups is 1. The predicted octanol–water partition coefficient (Wildman–Crippen LogP) is 1.20. The molecule has 5 nitrogen and oxygen atoms in total. The topological polar surface area (TPSA) is 55.4 Å². The average molecular weight is 339 g/mol. The molecule has 0 saturated carbocycles. The van der Waals surface area contributed by atoms with Crippen molar-refractivity contribution in [1.29, 1.82) is 0 Å². The molecule has 0 aromatic heterocycles. The Morgan fingerprint density at radius 1 is 1.08 bits per heavy atom. The fourth-order valence-corrected chi connectivity index (χ4v) is 3.25. The van der Waals surface area contributed by atoms with Gasteiger partial charge in [-0.15, -0.1) is 0 Å². The number of piperazine rings is 1. The number of hydrogen-bond donors (Lipinski definition) is 1. The SMILES string of the molecule is CN1CC[N+](CC([O-])c2ccccc2)(NC(=O)c2ccccc2)CC1. The zero-order valence-corrected chi connectivity index (χ0v) is 14.6. The van der Waals surface area contributed by atoms with E-state index in [1.807, 2.05) is 48.5 Å². The fourth-order valence-electron chi connectivity index (χ4n) is 3.25. The molecule has 0 radical (unpaired) electrons. The molecule has 1 N–H and O–H groups in total. The summed E-state index contributed by atoms with van der Waals surface area (Å²) < 4.78 is 0.334. The quantitative estimate of drug-likeness (QED) is 0.833. The van der Waals surface area contributed by atoms with Crippen LogP contribution in [-0.2, 0) is 0 Å². The maximum Gasteiger partial charge on any atom is 0.295 e. The third-order valence-electron chi connectivity index (χ3n) is 4.88. The lowest BCUT2D eigenvalue weighted by molar-refractivity contribution is -0.972. The average Bonchev–Trinajstić information content (AvgIpc) is 2.65. The Kier molecular flexibility index (Phi) is 5.48. The molecule has 1 saturated heterocycles. The second-order valence-electron chi connectivity index (χ2n) is 6.78. The largest absolute Gasteiger partial charge is 0.844 e. The van der Waals surface area contributed by atoms with Gasteiger partial charge in [0, 0.05) is 18.7 Å². The highest BCUT2D eigenvalue weighted by Gasteiger charge is 2.35. The smallest absolute Gasteiger partial charge is 0.295 e. The summed E-state index contributed by atoms with van der Waals surface area (Å²) in [4.78, 5) is 14.9. The van der Waals surface area contributed by atoms with Gasteiger partial charge in [0.1, 0.15) is 13.1 Å². The van der Waals surface area contributed by atoms with Gasteiger partial charge in [-0.25, -0.2) is 4.59 Å². The highest BCUT2D eigenvalue weighted by atomic mass is 16.3. The number of nitrogens with zero attached hydrogens (tertiary/aromatic N) is 2. The third kappa shape index (κ3) is 4.45. The van der Waals surface area contributed by atoms with E-state index in [0.717, 1.165) is 31.7 Å². The van der Waals surface area contributed by atoms with Crippen LogP contribution in [0.1, 0.15) is 22.0 Å². The first-order valence-electron chi connectivity index (χ1n) is 8.71. The van der Waals surface area contributed by atoms with E-state index >= 15 is 0 Å². The van der Waals surface area contributed by atoms with E-state index in [-0.39, 0.29) is 5.91 Å². The molecule has 0 bridgehead atoms. The Balaban J connectivity index is 1.77. The normalized spacial score (nSPS) is 18.5. The molecule has 132 valence electrons. The van der Waals surface area contributed by atoms with Gasteiger partial charge < -0.3 is 5.11 Å². The van der Waals surface area contributed by atoms with Crippen LogP contribution in [0.5, 0.6) is 0 Å². The Morgan fingerprint density at radius 3 is 2.24 bits per heavy atom. The number of likely N-dealkylation sites (N-methyl/N-ethyl adjacent to an activating group) is 1. The van der Waals surface area contributed by atoms with Gasteiger partial charge in [-0.1, -0.05) is 54.1 Å². The Morgan fingerprint density at radius 2 is 1.64 bits per heavy atom. The van der Waals surface area contributed by atoms with Crippen LogP contribution in [0.4, 0.5) is 0 Å². The first kappa shape index (κ1) is 17.6. The van der Waals surface area contributed by atoms with Crippen LogP contribution in [-0.4, -0.2) is 55.2 Å². The number of quaternary nitrogens is 1. The van der Waals surface area contributed by atoms with E-state index in [2.05, 4.69) is 17.4 Å². The van der Waals surface area contributed by atoms with E-state index in [9.17, 15) is 9.90 Å². The van der Waals surface area contributed by atoms with Crippen molar-refractivity contribution in [1.82, 2.24) is 10.3 Å². The monoisotopic (exact) mass is 339 g/mol. The van der Waals surface area contributed by atoms with Gasteiger partial charge in [0.05, 0.1) is 6.54 Å². The van der Waals surface area contributed by atoms with Crippen molar-refractivity contribution in [3.63, 3.8) is 0 Å². The molecular weight excluding hydrogens is 314 g/mol. The number of nitrogens with one attached hydrogen (secondary N) is 1. The van der Waals surface area contributed by atoms with Gasteiger partial charge in [0.15, 0.2) is 0 Å².